The Morgan fingerprint density at radius 3 is 1.42 bits per heavy atom. The van der Waals surface area contributed by atoms with E-state index in [9.17, 15) is 19.8 Å². The molecule has 2 aliphatic rings. The fourth-order valence-corrected chi connectivity index (χ4v) is 1.43. The monoisotopic (exact) mass is 300 g/mol. The fourth-order valence-electron chi connectivity index (χ4n) is 1.43. The molecule has 2 aliphatic heterocycles. The van der Waals surface area contributed by atoms with Crippen LogP contribution in [0, 0.1) is 0 Å². The van der Waals surface area contributed by atoms with Gasteiger partial charge in [-0.2, -0.15) is 0 Å². The second-order valence-corrected chi connectivity index (χ2v) is 3.80. The zero-order valence-electron chi connectivity index (χ0n) is 10.6. The number of rotatable bonds is 2. The van der Waals surface area contributed by atoms with Crippen molar-refractivity contribution in [2.24, 2.45) is 0 Å². The Hall–Kier alpha value is 0.0397. The summed E-state index contributed by atoms with van der Waals surface area (Å²) in [5.74, 6) is -2.18. The van der Waals surface area contributed by atoms with Gasteiger partial charge in [-0.1, -0.05) is 0 Å². The van der Waals surface area contributed by atoms with E-state index < -0.39 is 24.0 Å². The zero-order chi connectivity index (χ0) is 13.4. The van der Waals surface area contributed by atoms with Crippen LogP contribution in [0.15, 0.2) is 0 Å². The van der Waals surface area contributed by atoms with Crippen molar-refractivity contribution in [1.29, 1.82) is 0 Å². The number of aliphatic carboxylic acids is 2. The molecule has 0 aliphatic carbocycles. The second kappa shape index (κ2) is 10.8. The summed E-state index contributed by atoms with van der Waals surface area (Å²) in [6.07, 6.45) is 0. The van der Waals surface area contributed by atoms with E-state index in [1.165, 1.54) is 0 Å². The summed E-state index contributed by atoms with van der Waals surface area (Å²) in [4.78, 5) is 20.2. The summed E-state index contributed by atoms with van der Waals surface area (Å²) in [5.41, 5.74) is 0. The molecule has 2 saturated heterocycles. The minimum atomic E-state index is -1.09. The maximum Gasteiger partial charge on any atom is 2.00 e. The summed E-state index contributed by atoms with van der Waals surface area (Å²) in [6.45, 7) is 2.81. The molecular weight excluding hydrogens is 284 g/mol. The summed E-state index contributed by atoms with van der Waals surface area (Å²) >= 11 is 0. The predicted molar refractivity (Wildman–Crippen MR) is 61.0 cm³/mol. The third kappa shape index (κ3) is 8.03. The number of carbonyl (C=O) groups is 2. The first-order valence-corrected chi connectivity index (χ1v) is 5.65. The van der Waals surface area contributed by atoms with Gasteiger partial charge < -0.3 is 39.9 Å². The standard InChI is InChI=1S/2C5H9NO3.Ca/c2*7-5(8)4-3-9-2-1-6-4;/h2*4,6H,1-3H2,(H,7,8);/q;;+2/p-2. The Kier molecular flexibility index (Phi) is 10.8. The van der Waals surface area contributed by atoms with E-state index in [0.29, 0.717) is 26.3 Å². The Labute approximate surface area is 140 Å². The van der Waals surface area contributed by atoms with Gasteiger partial charge in [0.25, 0.3) is 0 Å². The molecule has 0 aromatic carbocycles. The average Bonchev–Trinajstić information content (AvgIpc) is 2.41. The van der Waals surface area contributed by atoms with E-state index in [4.69, 9.17) is 9.47 Å². The van der Waals surface area contributed by atoms with Crippen LogP contribution in [0.5, 0.6) is 0 Å². The molecule has 0 bridgehead atoms. The summed E-state index contributed by atoms with van der Waals surface area (Å²) in [5, 5.41) is 25.7. The van der Waals surface area contributed by atoms with Crippen molar-refractivity contribution in [3.8, 4) is 0 Å². The molecule has 0 aromatic rings. The molecule has 104 valence electrons. The van der Waals surface area contributed by atoms with Crippen LogP contribution in [0.3, 0.4) is 0 Å². The van der Waals surface area contributed by atoms with Crippen LogP contribution < -0.4 is 20.8 Å². The number of hydrogen-bond acceptors (Lipinski definition) is 8. The molecule has 8 nitrogen and oxygen atoms in total. The first-order chi connectivity index (χ1) is 8.61. The number of carboxylic acid groups (broad SMARTS) is 2. The SMILES string of the molecule is O=C([O-])C1COCCN1.O=C([O-])C1COCCN1.[Ca+2]. The fraction of sp³-hybridized carbons (Fsp3) is 0.800. The van der Waals surface area contributed by atoms with Crippen LogP contribution in [0.4, 0.5) is 0 Å². The van der Waals surface area contributed by atoms with Gasteiger partial charge in [-0.3, -0.25) is 0 Å². The summed E-state index contributed by atoms with van der Waals surface area (Å²) in [7, 11) is 0. The molecule has 19 heavy (non-hydrogen) atoms. The number of hydrogen-bond donors (Lipinski definition) is 2. The average molecular weight is 300 g/mol. The van der Waals surface area contributed by atoms with Crippen molar-refractivity contribution in [3.05, 3.63) is 0 Å². The third-order valence-corrected chi connectivity index (χ3v) is 2.41. The van der Waals surface area contributed by atoms with Gasteiger partial charge in [0.15, 0.2) is 0 Å². The first-order valence-electron chi connectivity index (χ1n) is 5.65. The number of carboxylic acids is 2. The van der Waals surface area contributed by atoms with Gasteiger partial charge in [0.1, 0.15) is 0 Å². The molecule has 2 heterocycles. The zero-order valence-corrected chi connectivity index (χ0v) is 12.8. The normalized spacial score (nSPS) is 26.3. The van der Waals surface area contributed by atoms with Crippen molar-refractivity contribution < 1.29 is 29.3 Å². The second-order valence-electron chi connectivity index (χ2n) is 3.80. The van der Waals surface area contributed by atoms with E-state index in [0.717, 1.165) is 0 Å². The van der Waals surface area contributed by atoms with Crippen molar-refractivity contribution in [3.63, 3.8) is 0 Å². The van der Waals surface area contributed by atoms with E-state index >= 15 is 0 Å². The van der Waals surface area contributed by atoms with E-state index in [2.05, 4.69) is 10.6 Å². The Morgan fingerprint density at radius 2 is 1.26 bits per heavy atom. The number of carbonyl (C=O) groups excluding carboxylic acids is 2. The van der Waals surface area contributed by atoms with Crippen molar-refractivity contribution >= 4 is 49.7 Å². The van der Waals surface area contributed by atoms with Gasteiger partial charge in [-0.25, -0.2) is 0 Å². The number of morpholine rings is 2. The molecule has 9 heteroatoms. The van der Waals surface area contributed by atoms with Crippen LogP contribution in [-0.4, -0.2) is 101 Å². The maximum absolute atomic E-state index is 10.1. The van der Waals surface area contributed by atoms with Crippen LogP contribution in [0.1, 0.15) is 0 Å². The molecule has 2 N–H and O–H groups in total. The molecule has 2 fully saturated rings. The molecular formula is C10H16CaN2O6. The topological polar surface area (TPSA) is 123 Å². The van der Waals surface area contributed by atoms with Gasteiger partial charge >= 0.3 is 37.7 Å². The minimum Gasteiger partial charge on any atom is -0.548 e. The molecule has 0 spiro atoms. The van der Waals surface area contributed by atoms with Gasteiger partial charge in [0, 0.05) is 13.1 Å². The molecule has 0 aromatic heterocycles. The van der Waals surface area contributed by atoms with E-state index in [1.807, 2.05) is 0 Å². The van der Waals surface area contributed by atoms with E-state index in [1.54, 1.807) is 0 Å². The summed E-state index contributed by atoms with van der Waals surface area (Å²) in [6, 6.07) is -1.22. The molecule has 0 saturated carbocycles. The largest absolute Gasteiger partial charge is 2.00 e. The van der Waals surface area contributed by atoms with Crippen molar-refractivity contribution in [2.75, 3.05) is 39.5 Å². The molecule has 0 radical (unpaired) electrons. The van der Waals surface area contributed by atoms with Gasteiger partial charge in [-0.05, 0) is 0 Å². The van der Waals surface area contributed by atoms with Crippen molar-refractivity contribution in [1.82, 2.24) is 10.6 Å². The summed E-state index contributed by atoms with van der Waals surface area (Å²) < 4.78 is 9.72. The first kappa shape index (κ1) is 19.0. The minimum absolute atomic E-state index is 0. The molecule has 2 atom stereocenters. The third-order valence-electron chi connectivity index (χ3n) is 2.41. The Balaban J connectivity index is 0.000000324. The molecule has 2 rings (SSSR count). The van der Waals surface area contributed by atoms with Crippen LogP contribution >= 0.6 is 0 Å². The maximum atomic E-state index is 10.1. The Morgan fingerprint density at radius 1 is 0.895 bits per heavy atom. The van der Waals surface area contributed by atoms with Crippen LogP contribution in [-0.2, 0) is 19.1 Å². The number of nitrogens with one attached hydrogen (secondary N) is 2. The van der Waals surface area contributed by atoms with Crippen LogP contribution in [0.25, 0.3) is 0 Å². The van der Waals surface area contributed by atoms with Gasteiger partial charge in [0.05, 0.1) is 50.4 Å². The van der Waals surface area contributed by atoms with Gasteiger partial charge in [-0.15, -0.1) is 0 Å². The van der Waals surface area contributed by atoms with Crippen LogP contribution in [0.2, 0.25) is 0 Å². The quantitative estimate of drug-likeness (QED) is 0.486. The predicted octanol–water partition coefficient (Wildman–Crippen LogP) is -4.93. The molecule has 2 unspecified atom stereocenters. The smallest absolute Gasteiger partial charge is 0.548 e. The number of ether oxygens (including phenoxy) is 2. The van der Waals surface area contributed by atoms with Crippen molar-refractivity contribution in [2.45, 2.75) is 12.1 Å². The Bertz CT molecular complexity index is 251. The van der Waals surface area contributed by atoms with Gasteiger partial charge in [0.2, 0.25) is 0 Å². The van der Waals surface area contributed by atoms with E-state index in [-0.39, 0.29) is 51.0 Å². The molecule has 0 amide bonds.